The molecule has 1 N–H and O–H groups in total. The highest BCUT2D eigenvalue weighted by Crippen LogP contribution is 2.14. The molecule has 0 aliphatic carbocycles. The molecule has 0 bridgehead atoms. The summed E-state index contributed by atoms with van der Waals surface area (Å²) in [5.41, 5.74) is 4.27. The zero-order chi connectivity index (χ0) is 7.84. The highest BCUT2D eigenvalue weighted by atomic mass is 14.9. The van der Waals surface area contributed by atoms with Crippen molar-refractivity contribution >= 4 is 11.2 Å². The van der Waals surface area contributed by atoms with E-state index in [1.165, 1.54) is 11.1 Å². The average Bonchev–Trinajstić information content (AvgIpc) is 2.45. The van der Waals surface area contributed by atoms with Crippen LogP contribution >= 0.6 is 0 Å². The number of pyridine rings is 1. The van der Waals surface area contributed by atoms with Gasteiger partial charge in [-0.1, -0.05) is 0 Å². The van der Waals surface area contributed by atoms with Crippen LogP contribution in [0.15, 0.2) is 12.5 Å². The van der Waals surface area contributed by atoms with Crippen LogP contribution in [0.2, 0.25) is 0 Å². The van der Waals surface area contributed by atoms with Gasteiger partial charge in [0.1, 0.15) is 0 Å². The summed E-state index contributed by atoms with van der Waals surface area (Å²) in [6.07, 6.45) is 3.52. The molecule has 0 aromatic carbocycles. The smallest absolute Gasteiger partial charge is 0.177 e. The predicted molar refractivity (Wildman–Crippen MR) is 43.4 cm³/mol. The minimum absolute atomic E-state index is 0.799. The fourth-order valence-electron chi connectivity index (χ4n) is 1.11. The largest absolute Gasteiger partial charge is 0.343 e. The lowest BCUT2D eigenvalue weighted by atomic mass is 10.2. The molecule has 2 aromatic rings. The number of nitrogens with one attached hydrogen (secondary N) is 1. The van der Waals surface area contributed by atoms with Crippen molar-refractivity contribution < 1.29 is 0 Å². The Balaban J connectivity index is 2.93. The number of fused-ring (bicyclic) bond motifs is 1. The van der Waals surface area contributed by atoms with Crippen LogP contribution in [-0.2, 0) is 0 Å². The van der Waals surface area contributed by atoms with Gasteiger partial charge >= 0.3 is 0 Å². The van der Waals surface area contributed by atoms with Gasteiger partial charge in [0.2, 0.25) is 0 Å². The molecule has 0 saturated carbocycles. The van der Waals surface area contributed by atoms with Gasteiger partial charge < -0.3 is 4.98 Å². The summed E-state index contributed by atoms with van der Waals surface area (Å²) in [6, 6.07) is 0. The SMILES string of the molecule is Cc1cnc2nc[nH]c2c1C. The van der Waals surface area contributed by atoms with Crippen LogP contribution in [0.4, 0.5) is 0 Å². The molecule has 0 spiro atoms. The van der Waals surface area contributed by atoms with E-state index in [0.29, 0.717) is 0 Å². The second kappa shape index (κ2) is 2.05. The highest BCUT2D eigenvalue weighted by Gasteiger charge is 2.01. The Hall–Kier alpha value is -1.38. The summed E-state index contributed by atoms with van der Waals surface area (Å²) in [7, 11) is 0. The minimum atomic E-state index is 0.799. The summed E-state index contributed by atoms with van der Waals surface area (Å²) >= 11 is 0. The van der Waals surface area contributed by atoms with E-state index < -0.39 is 0 Å². The van der Waals surface area contributed by atoms with E-state index in [-0.39, 0.29) is 0 Å². The molecule has 0 aliphatic rings. The third-order valence-electron chi connectivity index (χ3n) is 1.97. The van der Waals surface area contributed by atoms with Gasteiger partial charge in [-0.3, -0.25) is 0 Å². The Bertz CT molecular complexity index is 389. The first-order chi connectivity index (χ1) is 5.29. The van der Waals surface area contributed by atoms with E-state index in [0.717, 1.165) is 11.2 Å². The molecule has 0 unspecified atom stereocenters. The number of hydrogen-bond donors (Lipinski definition) is 1. The van der Waals surface area contributed by atoms with Crippen LogP contribution in [0.25, 0.3) is 11.2 Å². The lowest BCUT2D eigenvalue weighted by molar-refractivity contribution is 1.25. The molecule has 3 nitrogen and oxygen atoms in total. The fraction of sp³-hybridized carbons (Fsp3) is 0.250. The molecular formula is C8H9N3. The van der Waals surface area contributed by atoms with Crippen LogP contribution < -0.4 is 0 Å². The Morgan fingerprint density at radius 3 is 2.91 bits per heavy atom. The first-order valence-electron chi connectivity index (χ1n) is 3.54. The highest BCUT2D eigenvalue weighted by molar-refractivity contribution is 5.74. The molecule has 2 rings (SSSR count). The van der Waals surface area contributed by atoms with Crippen molar-refractivity contribution in [1.82, 2.24) is 15.0 Å². The fourth-order valence-corrected chi connectivity index (χ4v) is 1.11. The van der Waals surface area contributed by atoms with Gasteiger partial charge in [-0.05, 0) is 25.0 Å². The number of H-pyrrole nitrogens is 1. The molecular weight excluding hydrogens is 138 g/mol. The molecule has 2 aromatic heterocycles. The van der Waals surface area contributed by atoms with Crippen LogP contribution in [-0.4, -0.2) is 15.0 Å². The minimum Gasteiger partial charge on any atom is -0.343 e. The van der Waals surface area contributed by atoms with Gasteiger partial charge in [-0.25, -0.2) is 9.97 Å². The van der Waals surface area contributed by atoms with Gasteiger partial charge in [-0.2, -0.15) is 0 Å². The van der Waals surface area contributed by atoms with Gasteiger partial charge in [0.05, 0.1) is 11.8 Å². The number of aromatic amines is 1. The van der Waals surface area contributed by atoms with E-state index >= 15 is 0 Å². The van der Waals surface area contributed by atoms with Crippen molar-refractivity contribution in [1.29, 1.82) is 0 Å². The van der Waals surface area contributed by atoms with Gasteiger partial charge in [0, 0.05) is 6.20 Å². The molecule has 0 amide bonds. The zero-order valence-electron chi connectivity index (χ0n) is 6.55. The van der Waals surface area contributed by atoms with Crippen LogP contribution in [0, 0.1) is 13.8 Å². The molecule has 0 fully saturated rings. The molecule has 56 valence electrons. The quantitative estimate of drug-likeness (QED) is 0.614. The van der Waals surface area contributed by atoms with Crippen molar-refractivity contribution in [2.24, 2.45) is 0 Å². The van der Waals surface area contributed by atoms with Crippen molar-refractivity contribution in [3.63, 3.8) is 0 Å². The van der Waals surface area contributed by atoms with Gasteiger partial charge in [0.25, 0.3) is 0 Å². The van der Waals surface area contributed by atoms with Crippen LogP contribution in [0.3, 0.4) is 0 Å². The number of nitrogens with zero attached hydrogens (tertiary/aromatic N) is 2. The van der Waals surface area contributed by atoms with E-state index in [2.05, 4.69) is 21.9 Å². The summed E-state index contributed by atoms with van der Waals surface area (Å²) in [5, 5.41) is 0. The van der Waals surface area contributed by atoms with E-state index in [4.69, 9.17) is 0 Å². The number of rotatable bonds is 0. The standard InChI is InChI=1S/C8H9N3/c1-5-3-9-8-7(6(5)2)10-4-11-8/h3-4H,1-2H3,(H,9,10,11). The Kier molecular flexibility index (Phi) is 1.18. The molecule has 2 heterocycles. The van der Waals surface area contributed by atoms with Gasteiger partial charge in [0.15, 0.2) is 5.65 Å². The molecule has 0 aliphatic heterocycles. The Morgan fingerprint density at radius 1 is 1.27 bits per heavy atom. The lowest BCUT2D eigenvalue weighted by Crippen LogP contribution is -1.85. The number of hydrogen-bond acceptors (Lipinski definition) is 2. The van der Waals surface area contributed by atoms with Crippen molar-refractivity contribution in [3.8, 4) is 0 Å². The monoisotopic (exact) mass is 147 g/mol. The number of imidazole rings is 1. The summed E-state index contributed by atoms with van der Waals surface area (Å²) in [5.74, 6) is 0. The third-order valence-corrected chi connectivity index (χ3v) is 1.97. The topological polar surface area (TPSA) is 41.6 Å². The van der Waals surface area contributed by atoms with Gasteiger partial charge in [-0.15, -0.1) is 0 Å². The first-order valence-corrected chi connectivity index (χ1v) is 3.54. The maximum Gasteiger partial charge on any atom is 0.177 e. The maximum atomic E-state index is 4.16. The zero-order valence-corrected chi connectivity index (χ0v) is 6.55. The molecule has 0 atom stereocenters. The summed E-state index contributed by atoms with van der Waals surface area (Å²) in [4.78, 5) is 11.3. The van der Waals surface area contributed by atoms with E-state index in [1.807, 2.05) is 13.1 Å². The normalized spacial score (nSPS) is 10.7. The van der Waals surface area contributed by atoms with Crippen molar-refractivity contribution in [3.05, 3.63) is 23.7 Å². The predicted octanol–water partition coefficient (Wildman–Crippen LogP) is 1.57. The average molecular weight is 147 g/mol. The molecule has 0 saturated heterocycles. The van der Waals surface area contributed by atoms with Crippen molar-refractivity contribution in [2.45, 2.75) is 13.8 Å². The molecule has 0 radical (unpaired) electrons. The first kappa shape index (κ1) is 6.34. The maximum absolute atomic E-state index is 4.16. The molecule has 11 heavy (non-hydrogen) atoms. The second-order valence-corrected chi connectivity index (χ2v) is 2.67. The van der Waals surface area contributed by atoms with E-state index in [9.17, 15) is 0 Å². The third kappa shape index (κ3) is 0.808. The number of aryl methyl sites for hydroxylation is 2. The van der Waals surface area contributed by atoms with Crippen LogP contribution in [0.5, 0.6) is 0 Å². The van der Waals surface area contributed by atoms with Crippen molar-refractivity contribution in [2.75, 3.05) is 0 Å². The summed E-state index contributed by atoms with van der Waals surface area (Å²) in [6.45, 7) is 4.11. The van der Waals surface area contributed by atoms with Crippen LogP contribution in [0.1, 0.15) is 11.1 Å². The molecule has 3 heteroatoms. The Morgan fingerprint density at radius 2 is 2.09 bits per heavy atom. The van der Waals surface area contributed by atoms with E-state index in [1.54, 1.807) is 6.33 Å². The Labute approximate surface area is 64.5 Å². The lowest BCUT2D eigenvalue weighted by Gasteiger charge is -1.97. The number of aromatic nitrogens is 3. The summed E-state index contributed by atoms with van der Waals surface area (Å²) < 4.78 is 0. The second-order valence-electron chi connectivity index (χ2n) is 2.67.